The van der Waals surface area contributed by atoms with Crippen molar-refractivity contribution in [3.05, 3.63) is 24.0 Å². The smallest absolute Gasteiger partial charge is 0.328 e. The fourth-order valence-corrected chi connectivity index (χ4v) is 1.36. The monoisotopic (exact) mass is 286 g/mol. The van der Waals surface area contributed by atoms with E-state index in [4.69, 9.17) is 14.9 Å². The number of nitrogens with one attached hydrogen (secondary N) is 2. The van der Waals surface area contributed by atoms with E-state index >= 15 is 0 Å². The molecule has 110 valence electrons. The number of carboxylic acid groups (broad SMARTS) is 1. The Morgan fingerprint density at radius 1 is 1.45 bits per heavy atom. The van der Waals surface area contributed by atoms with Crippen molar-refractivity contribution >= 4 is 17.7 Å². The summed E-state index contributed by atoms with van der Waals surface area (Å²) >= 11 is 0. The maximum absolute atomic E-state index is 13.5. The van der Waals surface area contributed by atoms with E-state index in [0.29, 0.717) is 6.61 Å². The number of hydrogen-bond donors (Lipinski definition) is 4. The number of anilines is 1. The van der Waals surface area contributed by atoms with E-state index in [2.05, 4.69) is 5.32 Å². The molecule has 0 fully saturated rings. The first-order valence-corrected chi connectivity index (χ1v) is 5.81. The Balaban J connectivity index is 2.66. The molecule has 0 saturated carbocycles. The van der Waals surface area contributed by atoms with Crippen LogP contribution in [0.25, 0.3) is 0 Å². The Labute approximate surface area is 114 Å². The minimum absolute atomic E-state index is 0.0530. The molecule has 0 bridgehead atoms. The zero-order chi connectivity index (χ0) is 15.1. The van der Waals surface area contributed by atoms with Crippen molar-refractivity contribution in [2.24, 2.45) is 0 Å². The molecule has 0 spiro atoms. The molecule has 0 radical (unpaired) electrons. The van der Waals surface area contributed by atoms with E-state index in [1.165, 1.54) is 12.1 Å². The lowest BCUT2D eigenvalue weighted by molar-refractivity contribution is -0.140. The lowest BCUT2D eigenvalue weighted by Gasteiger charge is -2.13. The zero-order valence-corrected chi connectivity index (χ0v) is 10.7. The molecule has 1 atom stereocenters. The topological polar surface area (TPSA) is 108 Å². The summed E-state index contributed by atoms with van der Waals surface area (Å²) < 4.78 is 18.5. The number of carbonyl (C=O) groups is 2. The molecule has 0 aliphatic heterocycles. The third-order valence-electron chi connectivity index (χ3n) is 2.28. The van der Waals surface area contributed by atoms with Crippen LogP contribution in [0.3, 0.4) is 0 Å². The highest BCUT2D eigenvalue weighted by molar-refractivity contribution is 5.92. The molecule has 2 amide bonds. The molecular formula is C12H15FN2O5. The number of carbonyl (C=O) groups excluding carboxylic acids is 1. The first-order chi connectivity index (χ1) is 9.47. The number of aliphatic hydroxyl groups excluding tert-OH is 1. The first kappa shape index (κ1) is 15.7. The molecule has 1 aromatic rings. The van der Waals surface area contributed by atoms with Crippen LogP contribution < -0.4 is 15.4 Å². The summed E-state index contributed by atoms with van der Waals surface area (Å²) in [6.45, 7) is 1.27. The van der Waals surface area contributed by atoms with Gasteiger partial charge in [0, 0.05) is 11.8 Å². The Hall–Kier alpha value is -2.35. The molecule has 4 N–H and O–H groups in total. The van der Waals surface area contributed by atoms with Crippen molar-refractivity contribution in [3.63, 3.8) is 0 Å². The number of halogens is 1. The summed E-state index contributed by atoms with van der Waals surface area (Å²) in [5, 5.41) is 21.7. The van der Waals surface area contributed by atoms with Crippen molar-refractivity contribution in [2.75, 3.05) is 18.5 Å². The lowest BCUT2D eigenvalue weighted by Crippen LogP contribution is -2.45. The number of rotatable bonds is 6. The van der Waals surface area contributed by atoms with Crippen LogP contribution in [-0.2, 0) is 4.79 Å². The highest BCUT2D eigenvalue weighted by atomic mass is 19.1. The third kappa shape index (κ3) is 4.39. The molecule has 0 saturated heterocycles. The molecule has 1 aromatic carbocycles. The molecule has 0 aromatic heterocycles. The molecule has 0 aliphatic carbocycles. The standard InChI is InChI=1S/C12H15FN2O5/c1-2-20-10-4-3-7(5-8(10)13)14-12(19)15-9(6-16)11(17)18/h3-5,9,16H,2,6H2,1H3,(H,17,18)(H2,14,15,19)/t9-/m0/s1. The normalized spacial score (nSPS) is 11.6. The predicted octanol–water partition coefficient (Wildman–Crippen LogP) is 0.791. The number of aliphatic hydroxyl groups is 1. The summed E-state index contributed by atoms with van der Waals surface area (Å²) in [4.78, 5) is 22.1. The molecule has 0 heterocycles. The van der Waals surface area contributed by atoms with Crippen LogP contribution in [0.15, 0.2) is 18.2 Å². The molecule has 0 unspecified atom stereocenters. The van der Waals surface area contributed by atoms with E-state index in [-0.39, 0.29) is 11.4 Å². The predicted molar refractivity (Wildman–Crippen MR) is 68.2 cm³/mol. The molecular weight excluding hydrogens is 271 g/mol. The SMILES string of the molecule is CCOc1ccc(NC(=O)N[C@@H](CO)C(=O)O)cc1F. The van der Waals surface area contributed by atoms with Gasteiger partial charge in [-0.05, 0) is 19.1 Å². The van der Waals surface area contributed by atoms with Crippen molar-refractivity contribution in [3.8, 4) is 5.75 Å². The van der Waals surface area contributed by atoms with Gasteiger partial charge in [-0.1, -0.05) is 0 Å². The summed E-state index contributed by atoms with van der Waals surface area (Å²) in [5.41, 5.74) is 0.130. The number of amides is 2. The number of urea groups is 1. The second-order valence-corrected chi connectivity index (χ2v) is 3.75. The Bertz CT molecular complexity index is 495. The molecule has 8 heteroatoms. The highest BCUT2D eigenvalue weighted by Gasteiger charge is 2.18. The average Bonchev–Trinajstić information content (AvgIpc) is 2.39. The van der Waals surface area contributed by atoms with Gasteiger partial charge in [-0.2, -0.15) is 0 Å². The third-order valence-corrected chi connectivity index (χ3v) is 2.28. The van der Waals surface area contributed by atoms with Crippen LogP contribution >= 0.6 is 0 Å². The summed E-state index contributed by atoms with van der Waals surface area (Å²) in [6, 6.07) is 1.49. The van der Waals surface area contributed by atoms with Crippen LogP contribution in [0, 0.1) is 5.82 Å². The molecule has 1 rings (SSSR count). The van der Waals surface area contributed by atoms with Gasteiger partial charge < -0.3 is 25.6 Å². The number of aliphatic carboxylic acids is 1. The summed E-state index contributed by atoms with van der Waals surface area (Å²) in [6.07, 6.45) is 0. The van der Waals surface area contributed by atoms with Gasteiger partial charge in [-0.3, -0.25) is 0 Å². The van der Waals surface area contributed by atoms with Gasteiger partial charge in [0.25, 0.3) is 0 Å². The van der Waals surface area contributed by atoms with Crippen LogP contribution in [0.1, 0.15) is 6.92 Å². The fourth-order valence-electron chi connectivity index (χ4n) is 1.36. The van der Waals surface area contributed by atoms with E-state index in [0.717, 1.165) is 6.07 Å². The highest BCUT2D eigenvalue weighted by Crippen LogP contribution is 2.20. The molecule has 20 heavy (non-hydrogen) atoms. The van der Waals surface area contributed by atoms with E-state index in [1.54, 1.807) is 6.92 Å². The minimum atomic E-state index is -1.43. The second-order valence-electron chi connectivity index (χ2n) is 3.75. The van der Waals surface area contributed by atoms with Crippen molar-refractivity contribution in [1.82, 2.24) is 5.32 Å². The van der Waals surface area contributed by atoms with Gasteiger partial charge in [0.15, 0.2) is 17.6 Å². The van der Waals surface area contributed by atoms with Gasteiger partial charge >= 0.3 is 12.0 Å². The number of carboxylic acids is 1. The largest absolute Gasteiger partial charge is 0.491 e. The van der Waals surface area contributed by atoms with Crippen LogP contribution in [-0.4, -0.2) is 41.5 Å². The van der Waals surface area contributed by atoms with Crippen molar-refractivity contribution in [1.29, 1.82) is 0 Å². The van der Waals surface area contributed by atoms with Crippen LogP contribution in [0.2, 0.25) is 0 Å². The summed E-state index contributed by atoms with van der Waals surface area (Å²) in [5.74, 6) is -1.97. The Morgan fingerprint density at radius 2 is 2.15 bits per heavy atom. The van der Waals surface area contributed by atoms with Gasteiger partial charge in [0.2, 0.25) is 0 Å². The molecule has 7 nitrogen and oxygen atoms in total. The van der Waals surface area contributed by atoms with Gasteiger partial charge in [0.05, 0.1) is 13.2 Å². The first-order valence-electron chi connectivity index (χ1n) is 5.81. The number of hydrogen-bond acceptors (Lipinski definition) is 4. The van der Waals surface area contributed by atoms with Crippen molar-refractivity contribution in [2.45, 2.75) is 13.0 Å². The number of benzene rings is 1. The fraction of sp³-hybridized carbons (Fsp3) is 0.333. The average molecular weight is 286 g/mol. The van der Waals surface area contributed by atoms with Gasteiger partial charge in [-0.15, -0.1) is 0 Å². The summed E-state index contributed by atoms with van der Waals surface area (Å²) in [7, 11) is 0. The lowest BCUT2D eigenvalue weighted by atomic mass is 10.3. The maximum atomic E-state index is 13.5. The number of ether oxygens (including phenoxy) is 1. The van der Waals surface area contributed by atoms with E-state index < -0.39 is 30.5 Å². The second kappa shape index (κ2) is 7.29. The minimum Gasteiger partial charge on any atom is -0.491 e. The van der Waals surface area contributed by atoms with E-state index in [9.17, 15) is 14.0 Å². The quantitative estimate of drug-likeness (QED) is 0.618. The van der Waals surface area contributed by atoms with Gasteiger partial charge in [0.1, 0.15) is 0 Å². The Kier molecular flexibility index (Phi) is 5.73. The zero-order valence-electron chi connectivity index (χ0n) is 10.7. The van der Waals surface area contributed by atoms with Crippen LogP contribution in [0.4, 0.5) is 14.9 Å². The van der Waals surface area contributed by atoms with E-state index in [1.807, 2.05) is 5.32 Å². The van der Waals surface area contributed by atoms with Gasteiger partial charge in [-0.25, -0.2) is 14.0 Å². The molecule has 0 aliphatic rings. The van der Waals surface area contributed by atoms with Crippen LogP contribution in [0.5, 0.6) is 5.75 Å². The maximum Gasteiger partial charge on any atom is 0.328 e. The Morgan fingerprint density at radius 3 is 2.65 bits per heavy atom. The van der Waals surface area contributed by atoms with Crippen molar-refractivity contribution < 1.29 is 28.9 Å².